The van der Waals surface area contributed by atoms with E-state index in [1.54, 1.807) is 0 Å². The summed E-state index contributed by atoms with van der Waals surface area (Å²) >= 11 is 0. The van der Waals surface area contributed by atoms with Crippen molar-refractivity contribution in [2.45, 2.75) is 62.1 Å². The molecule has 0 bridgehead atoms. The molecule has 0 N–H and O–H groups in total. The lowest BCUT2D eigenvalue weighted by Crippen LogP contribution is -2.60. The van der Waals surface area contributed by atoms with E-state index in [2.05, 4.69) is 20.8 Å². The van der Waals surface area contributed by atoms with Gasteiger partial charge in [-0.2, -0.15) is 43.9 Å². The zero-order valence-electron chi connectivity index (χ0n) is 17.1. The van der Waals surface area contributed by atoms with E-state index >= 15 is 0 Å². The average Bonchev–Trinajstić information content (AvgIpc) is 2.55. The van der Waals surface area contributed by atoms with E-state index in [-0.39, 0.29) is 0 Å². The Morgan fingerprint density at radius 1 is 0.882 bits per heavy atom. The third-order valence-electron chi connectivity index (χ3n) is 3.33. The lowest BCUT2D eigenvalue weighted by Gasteiger charge is -2.35. The van der Waals surface area contributed by atoms with Crippen molar-refractivity contribution in [3.05, 3.63) is 12.2 Å². The van der Waals surface area contributed by atoms with Gasteiger partial charge in [0.15, 0.2) is 10.1 Å². The van der Waals surface area contributed by atoms with E-state index in [0.717, 1.165) is 20.8 Å². The van der Waals surface area contributed by atoms with Gasteiger partial charge in [0.05, 0.1) is 6.61 Å². The van der Waals surface area contributed by atoms with Crippen LogP contribution in [0.4, 0.5) is 43.9 Å². The molecule has 0 aliphatic carbocycles. The standard InChI is InChI=1S/C15H16F10O8S/c1-7(13(18,19)20)8(26)32-12(14(21,22)23,9(27)33-10(2,3)4)31-6-5-11(16,17)15(24,25)34(28,29)30/h1,5-6H2,2-4H3,(H,28,29,30)/p-1. The zero-order chi connectivity index (χ0) is 27.8. The normalized spacial score (nSPS) is 15.9. The molecule has 0 fully saturated rings. The molecule has 0 aromatic carbocycles. The van der Waals surface area contributed by atoms with Gasteiger partial charge < -0.3 is 18.8 Å². The van der Waals surface area contributed by atoms with Gasteiger partial charge in [0.1, 0.15) is 11.2 Å². The van der Waals surface area contributed by atoms with Crippen LogP contribution in [0.15, 0.2) is 12.2 Å². The van der Waals surface area contributed by atoms with Crippen molar-refractivity contribution in [2.24, 2.45) is 0 Å². The van der Waals surface area contributed by atoms with Crippen molar-refractivity contribution in [1.29, 1.82) is 0 Å². The Bertz CT molecular complexity index is 902. The maximum absolute atomic E-state index is 13.7. The summed E-state index contributed by atoms with van der Waals surface area (Å²) in [7, 11) is -7.07. The molecule has 0 spiro atoms. The minimum atomic E-state index is -7.07. The van der Waals surface area contributed by atoms with Crippen LogP contribution < -0.4 is 0 Å². The number of esters is 2. The molecular formula is C15H15F10O8S-. The Balaban J connectivity index is 6.37. The van der Waals surface area contributed by atoms with Crippen molar-refractivity contribution in [1.82, 2.24) is 0 Å². The lowest BCUT2D eigenvalue weighted by molar-refractivity contribution is -0.359. The van der Waals surface area contributed by atoms with Crippen LogP contribution in [-0.4, -0.2) is 66.4 Å². The van der Waals surface area contributed by atoms with Crippen LogP contribution in [0, 0.1) is 0 Å². The van der Waals surface area contributed by atoms with E-state index in [4.69, 9.17) is 0 Å². The van der Waals surface area contributed by atoms with Crippen LogP contribution >= 0.6 is 0 Å². The van der Waals surface area contributed by atoms with Crippen LogP contribution in [0.2, 0.25) is 0 Å². The van der Waals surface area contributed by atoms with Gasteiger partial charge in [-0.25, -0.2) is 18.0 Å². The van der Waals surface area contributed by atoms with E-state index in [9.17, 15) is 66.5 Å². The molecular weight excluding hydrogens is 530 g/mol. The van der Waals surface area contributed by atoms with Crippen molar-refractivity contribution in [2.75, 3.05) is 6.61 Å². The van der Waals surface area contributed by atoms with E-state index in [1.807, 2.05) is 0 Å². The first-order valence-corrected chi connectivity index (χ1v) is 9.68. The van der Waals surface area contributed by atoms with Crippen LogP contribution in [0.3, 0.4) is 0 Å². The number of hydrogen-bond donors (Lipinski definition) is 0. The summed E-state index contributed by atoms with van der Waals surface area (Å²) in [4.78, 5) is 23.7. The van der Waals surface area contributed by atoms with Crippen LogP contribution in [-0.2, 0) is 33.9 Å². The quantitative estimate of drug-likeness (QED) is 0.142. The highest BCUT2D eigenvalue weighted by molar-refractivity contribution is 7.86. The summed E-state index contributed by atoms with van der Waals surface area (Å²) in [5, 5.41) is -6.38. The summed E-state index contributed by atoms with van der Waals surface area (Å²) in [6, 6.07) is 0. The van der Waals surface area contributed by atoms with Crippen LogP contribution in [0.1, 0.15) is 27.2 Å². The first kappa shape index (κ1) is 31.9. The SMILES string of the molecule is C=C(C(=O)OC(OCCC(F)(F)C(F)(F)S(=O)(=O)[O-])(C(=O)OC(C)(C)C)C(F)(F)F)C(F)(F)F. The molecule has 0 radical (unpaired) electrons. The lowest BCUT2D eigenvalue weighted by atomic mass is 10.1. The number of ether oxygens (including phenoxy) is 3. The van der Waals surface area contributed by atoms with Crippen LogP contribution in [0.5, 0.6) is 0 Å². The first-order valence-electron chi connectivity index (χ1n) is 8.27. The van der Waals surface area contributed by atoms with Gasteiger partial charge in [-0.1, -0.05) is 6.58 Å². The summed E-state index contributed by atoms with van der Waals surface area (Å²) in [5.74, 6) is -16.9. The number of carbonyl (C=O) groups excluding carboxylic acids is 2. The molecule has 0 amide bonds. The maximum Gasteiger partial charge on any atom is 0.468 e. The molecule has 1 unspecified atom stereocenters. The van der Waals surface area contributed by atoms with Gasteiger partial charge in [0, 0.05) is 6.42 Å². The number of hydrogen-bond acceptors (Lipinski definition) is 8. The van der Waals surface area contributed by atoms with E-state index < -0.39 is 75.6 Å². The average molecular weight is 545 g/mol. The molecule has 0 saturated carbocycles. The third-order valence-corrected chi connectivity index (χ3v) is 4.25. The molecule has 0 aliphatic rings. The fourth-order valence-corrected chi connectivity index (χ4v) is 2.16. The van der Waals surface area contributed by atoms with Crippen LogP contribution in [0.25, 0.3) is 0 Å². The Morgan fingerprint density at radius 3 is 1.65 bits per heavy atom. The molecule has 1 atom stereocenters. The second-order valence-corrected chi connectivity index (χ2v) is 8.68. The molecule has 0 aliphatic heterocycles. The van der Waals surface area contributed by atoms with E-state index in [1.165, 1.54) is 0 Å². The molecule has 0 heterocycles. The van der Waals surface area contributed by atoms with Crippen molar-refractivity contribution >= 4 is 22.1 Å². The Hall–Kier alpha value is -2.15. The van der Waals surface area contributed by atoms with Gasteiger partial charge in [0.2, 0.25) is 0 Å². The van der Waals surface area contributed by atoms with E-state index in [0.29, 0.717) is 0 Å². The number of rotatable bonds is 9. The van der Waals surface area contributed by atoms with Crippen molar-refractivity contribution in [3.63, 3.8) is 0 Å². The minimum absolute atomic E-state index is 0.913. The first-order chi connectivity index (χ1) is 14.6. The zero-order valence-corrected chi connectivity index (χ0v) is 17.9. The molecule has 0 rings (SSSR count). The highest BCUT2D eigenvalue weighted by Gasteiger charge is 2.69. The summed E-state index contributed by atoms with van der Waals surface area (Å²) in [6.45, 7) is 2.43. The monoisotopic (exact) mass is 545 g/mol. The second-order valence-electron chi connectivity index (χ2n) is 7.26. The van der Waals surface area contributed by atoms with Gasteiger partial charge in [0.25, 0.3) is 0 Å². The predicted octanol–water partition coefficient (Wildman–Crippen LogP) is 3.43. The molecule has 200 valence electrons. The Morgan fingerprint density at radius 2 is 1.32 bits per heavy atom. The van der Waals surface area contributed by atoms with Gasteiger partial charge in [-0.3, -0.25) is 0 Å². The minimum Gasteiger partial charge on any atom is -0.743 e. The number of carbonyl (C=O) groups is 2. The summed E-state index contributed by atoms with van der Waals surface area (Å²) in [5.41, 5.74) is -4.51. The second kappa shape index (κ2) is 9.48. The number of alkyl halides is 10. The topological polar surface area (TPSA) is 119 Å². The fourth-order valence-electron chi connectivity index (χ4n) is 1.69. The molecule has 0 saturated heterocycles. The van der Waals surface area contributed by atoms with Gasteiger partial charge in [-0.05, 0) is 20.8 Å². The molecule has 19 heteroatoms. The van der Waals surface area contributed by atoms with Crippen molar-refractivity contribution in [3.8, 4) is 0 Å². The highest BCUT2D eigenvalue weighted by Crippen LogP contribution is 2.43. The predicted molar refractivity (Wildman–Crippen MR) is 86.1 cm³/mol. The highest BCUT2D eigenvalue weighted by atomic mass is 32.2. The summed E-state index contributed by atoms with van der Waals surface area (Å²) in [6.07, 6.45) is -14.8. The molecule has 8 nitrogen and oxygen atoms in total. The molecule has 34 heavy (non-hydrogen) atoms. The largest absolute Gasteiger partial charge is 0.743 e. The molecule has 0 aromatic heterocycles. The van der Waals surface area contributed by atoms with Crippen molar-refractivity contribution < 1.29 is 80.7 Å². The van der Waals surface area contributed by atoms with Gasteiger partial charge in [-0.15, -0.1) is 0 Å². The Labute approximate surface area is 184 Å². The summed E-state index contributed by atoms with van der Waals surface area (Å²) < 4.78 is 175. The third kappa shape index (κ3) is 7.17. The van der Waals surface area contributed by atoms with Gasteiger partial charge >= 0.3 is 41.3 Å². The maximum atomic E-state index is 13.7. The molecule has 0 aromatic rings. The fraction of sp³-hybridized carbons (Fsp3) is 0.733. The number of halogens is 10. The smallest absolute Gasteiger partial charge is 0.468 e. The Kier molecular flexibility index (Phi) is 8.88.